The second-order valence-electron chi connectivity index (χ2n) is 6.24. The van der Waals surface area contributed by atoms with E-state index in [1.54, 1.807) is 36.4 Å². The van der Waals surface area contributed by atoms with E-state index in [2.05, 4.69) is 10.6 Å². The third kappa shape index (κ3) is 4.97. The van der Waals surface area contributed by atoms with Crippen LogP contribution in [-0.4, -0.2) is 25.9 Å². The highest BCUT2D eigenvalue weighted by Crippen LogP contribution is 2.27. The van der Waals surface area contributed by atoms with E-state index in [9.17, 15) is 9.59 Å². The number of amides is 2. The highest BCUT2D eigenvalue weighted by atomic mass is 35.5. The SMILES string of the molecule is CC(C)C(=O)Nc1ccc(C(=O)Nc2ccc(N(C)C)c(Cl)c2)cc1. The van der Waals surface area contributed by atoms with E-state index in [-0.39, 0.29) is 17.7 Å². The first-order valence-corrected chi connectivity index (χ1v) is 8.35. The second-order valence-corrected chi connectivity index (χ2v) is 6.64. The Morgan fingerprint density at radius 2 is 1.56 bits per heavy atom. The Bertz CT molecular complexity index is 771. The summed E-state index contributed by atoms with van der Waals surface area (Å²) in [6.45, 7) is 3.65. The van der Waals surface area contributed by atoms with Crippen molar-refractivity contribution in [2.24, 2.45) is 5.92 Å². The molecule has 0 aliphatic heterocycles. The molecular weight excluding hydrogens is 338 g/mol. The summed E-state index contributed by atoms with van der Waals surface area (Å²) >= 11 is 6.22. The first-order valence-electron chi connectivity index (χ1n) is 7.97. The predicted octanol–water partition coefficient (Wildman–Crippen LogP) is 4.25. The summed E-state index contributed by atoms with van der Waals surface area (Å²) in [5.41, 5.74) is 2.66. The summed E-state index contributed by atoms with van der Waals surface area (Å²) in [6, 6.07) is 12.1. The molecule has 2 amide bonds. The topological polar surface area (TPSA) is 61.4 Å². The maximum Gasteiger partial charge on any atom is 0.255 e. The van der Waals surface area contributed by atoms with Crippen LogP contribution in [-0.2, 0) is 4.79 Å². The third-order valence-electron chi connectivity index (χ3n) is 3.63. The van der Waals surface area contributed by atoms with E-state index >= 15 is 0 Å². The van der Waals surface area contributed by atoms with Gasteiger partial charge in [-0.05, 0) is 42.5 Å². The minimum atomic E-state index is -0.240. The molecule has 0 aliphatic rings. The first-order chi connectivity index (χ1) is 11.8. The smallest absolute Gasteiger partial charge is 0.255 e. The van der Waals surface area contributed by atoms with Crippen molar-refractivity contribution in [1.82, 2.24) is 0 Å². The van der Waals surface area contributed by atoms with Crippen LogP contribution in [0, 0.1) is 5.92 Å². The third-order valence-corrected chi connectivity index (χ3v) is 3.93. The Balaban J connectivity index is 2.06. The predicted molar refractivity (Wildman–Crippen MR) is 104 cm³/mol. The molecule has 0 aromatic heterocycles. The molecule has 132 valence electrons. The summed E-state index contributed by atoms with van der Waals surface area (Å²) in [7, 11) is 3.80. The normalized spacial score (nSPS) is 10.5. The number of nitrogens with zero attached hydrogens (tertiary/aromatic N) is 1. The van der Waals surface area contributed by atoms with Gasteiger partial charge in [0.25, 0.3) is 5.91 Å². The summed E-state index contributed by atoms with van der Waals surface area (Å²) in [5, 5.41) is 6.17. The minimum Gasteiger partial charge on any atom is -0.376 e. The lowest BCUT2D eigenvalue weighted by atomic mass is 10.1. The Morgan fingerprint density at radius 1 is 0.960 bits per heavy atom. The lowest BCUT2D eigenvalue weighted by Gasteiger charge is -2.15. The fourth-order valence-electron chi connectivity index (χ4n) is 2.14. The molecule has 0 atom stereocenters. The number of nitrogens with one attached hydrogen (secondary N) is 2. The fraction of sp³-hybridized carbons (Fsp3) is 0.263. The highest BCUT2D eigenvalue weighted by Gasteiger charge is 2.10. The van der Waals surface area contributed by atoms with E-state index in [4.69, 9.17) is 11.6 Å². The average molecular weight is 360 g/mol. The van der Waals surface area contributed by atoms with Crippen molar-refractivity contribution in [3.63, 3.8) is 0 Å². The molecule has 5 nitrogen and oxygen atoms in total. The zero-order valence-corrected chi connectivity index (χ0v) is 15.5. The lowest BCUT2D eigenvalue weighted by molar-refractivity contribution is -0.118. The lowest BCUT2D eigenvalue weighted by Crippen LogP contribution is -2.18. The zero-order valence-electron chi connectivity index (χ0n) is 14.8. The van der Waals surface area contributed by atoms with Gasteiger partial charge in [0.15, 0.2) is 0 Å². The molecule has 0 fully saturated rings. The fourth-order valence-corrected chi connectivity index (χ4v) is 2.49. The first kappa shape index (κ1) is 18.8. The van der Waals surface area contributed by atoms with Crippen LogP contribution in [0.3, 0.4) is 0 Å². The van der Waals surface area contributed by atoms with Crippen molar-refractivity contribution in [2.75, 3.05) is 29.6 Å². The van der Waals surface area contributed by atoms with Gasteiger partial charge in [-0.1, -0.05) is 25.4 Å². The molecule has 2 aromatic carbocycles. The minimum absolute atomic E-state index is 0.0622. The van der Waals surface area contributed by atoms with Gasteiger partial charge in [0.2, 0.25) is 5.91 Å². The van der Waals surface area contributed by atoms with Gasteiger partial charge in [-0.15, -0.1) is 0 Å². The van der Waals surface area contributed by atoms with Crippen LogP contribution in [0.1, 0.15) is 24.2 Å². The van der Waals surface area contributed by atoms with E-state index in [1.165, 1.54) is 0 Å². The zero-order chi connectivity index (χ0) is 18.6. The van der Waals surface area contributed by atoms with Gasteiger partial charge in [0.05, 0.1) is 10.7 Å². The Morgan fingerprint density at radius 3 is 2.08 bits per heavy atom. The quantitative estimate of drug-likeness (QED) is 0.838. The summed E-state index contributed by atoms with van der Waals surface area (Å²) in [4.78, 5) is 25.9. The number of rotatable bonds is 5. The van der Waals surface area contributed by atoms with Gasteiger partial charge in [-0.25, -0.2) is 0 Å². The Kier molecular flexibility index (Phi) is 6.04. The number of carbonyl (C=O) groups is 2. The molecule has 25 heavy (non-hydrogen) atoms. The second kappa shape index (κ2) is 8.03. The maximum atomic E-state index is 12.3. The van der Waals surface area contributed by atoms with E-state index < -0.39 is 0 Å². The summed E-state index contributed by atoms with van der Waals surface area (Å²) < 4.78 is 0. The van der Waals surface area contributed by atoms with Crippen LogP contribution >= 0.6 is 11.6 Å². The van der Waals surface area contributed by atoms with Crippen LogP contribution in [0.15, 0.2) is 42.5 Å². The molecule has 0 unspecified atom stereocenters. The van der Waals surface area contributed by atoms with Crippen molar-refractivity contribution in [1.29, 1.82) is 0 Å². The molecule has 6 heteroatoms. The van der Waals surface area contributed by atoms with Crippen molar-refractivity contribution < 1.29 is 9.59 Å². The number of hydrogen-bond acceptors (Lipinski definition) is 3. The molecule has 0 saturated heterocycles. The van der Waals surface area contributed by atoms with Gasteiger partial charge in [0, 0.05) is 37.0 Å². The van der Waals surface area contributed by atoms with Gasteiger partial charge >= 0.3 is 0 Å². The molecule has 0 spiro atoms. The molecule has 2 aromatic rings. The Hall–Kier alpha value is -2.53. The summed E-state index contributed by atoms with van der Waals surface area (Å²) in [6.07, 6.45) is 0. The Labute approximate surface area is 153 Å². The molecule has 2 N–H and O–H groups in total. The largest absolute Gasteiger partial charge is 0.376 e. The standard InChI is InChI=1S/C19H22ClN3O2/c1-12(2)18(24)21-14-7-5-13(6-8-14)19(25)22-15-9-10-17(23(3)4)16(20)11-15/h5-12H,1-4H3,(H,21,24)(H,22,25). The maximum absolute atomic E-state index is 12.3. The van der Waals surface area contributed by atoms with Crippen LogP contribution < -0.4 is 15.5 Å². The molecular formula is C19H22ClN3O2. The van der Waals surface area contributed by atoms with Crippen LogP contribution in [0.5, 0.6) is 0 Å². The summed E-state index contributed by atoms with van der Waals surface area (Å²) in [5.74, 6) is -0.402. The molecule has 0 heterocycles. The van der Waals surface area contributed by atoms with E-state index in [0.717, 1.165) is 5.69 Å². The van der Waals surface area contributed by atoms with Crippen molar-refractivity contribution in [2.45, 2.75) is 13.8 Å². The molecule has 2 rings (SSSR count). The average Bonchev–Trinajstić information content (AvgIpc) is 2.55. The monoisotopic (exact) mass is 359 g/mol. The number of halogens is 1. The van der Waals surface area contributed by atoms with Crippen molar-refractivity contribution in [3.05, 3.63) is 53.1 Å². The van der Waals surface area contributed by atoms with E-state index in [1.807, 2.05) is 38.9 Å². The van der Waals surface area contributed by atoms with Gasteiger partial charge in [0.1, 0.15) is 0 Å². The van der Waals surface area contributed by atoms with Gasteiger partial charge in [-0.3, -0.25) is 9.59 Å². The van der Waals surface area contributed by atoms with Gasteiger partial charge in [-0.2, -0.15) is 0 Å². The molecule has 0 bridgehead atoms. The number of hydrogen-bond donors (Lipinski definition) is 2. The highest BCUT2D eigenvalue weighted by molar-refractivity contribution is 6.33. The van der Waals surface area contributed by atoms with Crippen molar-refractivity contribution in [3.8, 4) is 0 Å². The van der Waals surface area contributed by atoms with Gasteiger partial charge < -0.3 is 15.5 Å². The number of benzene rings is 2. The molecule has 0 aliphatic carbocycles. The van der Waals surface area contributed by atoms with Crippen LogP contribution in [0.4, 0.5) is 17.1 Å². The van der Waals surface area contributed by atoms with Crippen LogP contribution in [0.25, 0.3) is 0 Å². The van der Waals surface area contributed by atoms with E-state index in [0.29, 0.717) is 22.0 Å². The van der Waals surface area contributed by atoms with Crippen molar-refractivity contribution >= 4 is 40.5 Å². The molecule has 0 radical (unpaired) electrons. The van der Waals surface area contributed by atoms with Crippen LogP contribution in [0.2, 0.25) is 5.02 Å². The number of carbonyl (C=O) groups excluding carboxylic acids is 2. The molecule has 0 saturated carbocycles. The number of anilines is 3.